The van der Waals surface area contributed by atoms with Crippen LogP contribution in [-0.2, 0) is 29.1 Å². The Morgan fingerprint density at radius 1 is 1.16 bits per heavy atom. The van der Waals surface area contributed by atoms with Gasteiger partial charge in [-0.3, -0.25) is 9.59 Å². The van der Waals surface area contributed by atoms with Gasteiger partial charge in [-0.2, -0.15) is 0 Å². The molecule has 1 unspecified atom stereocenters. The lowest BCUT2D eigenvalue weighted by atomic mass is 10.00. The van der Waals surface area contributed by atoms with E-state index in [0.717, 1.165) is 42.5 Å². The van der Waals surface area contributed by atoms with Crippen LogP contribution >= 0.6 is 0 Å². The normalized spacial score (nSPS) is 12.1. The first-order valence-corrected chi connectivity index (χ1v) is 9.62. The second-order valence-electron chi connectivity index (χ2n) is 6.61. The SMILES string of the molecule is CCn1cnc(Cn2ccnc2C(C)Cc2ccc3c(c2)OCO3)c1.O=CO.O=CO. The van der Waals surface area contributed by atoms with Crippen molar-refractivity contribution in [1.29, 1.82) is 0 Å². The van der Waals surface area contributed by atoms with Crippen molar-refractivity contribution in [1.82, 2.24) is 19.1 Å². The average molecular weight is 430 g/mol. The maximum absolute atomic E-state index is 8.36. The Bertz CT molecular complexity index is 962. The van der Waals surface area contributed by atoms with E-state index in [1.165, 1.54) is 5.56 Å². The summed E-state index contributed by atoms with van der Waals surface area (Å²) in [5, 5.41) is 13.8. The van der Waals surface area contributed by atoms with E-state index in [4.69, 9.17) is 29.3 Å². The van der Waals surface area contributed by atoms with Crippen molar-refractivity contribution in [3.8, 4) is 11.5 Å². The molecule has 0 bridgehead atoms. The fraction of sp³-hybridized carbons (Fsp3) is 0.333. The number of carbonyl (C=O) groups is 2. The summed E-state index contributed by atoms with van der Waals surface area (Å²) in [6.45, 7) is 5.80. The maximum atomic E-state index is 8.36. The molecule has 10 nitrogen and oxygen atoms in total. The van der Waals surface area contributed by atoms with Crippen molar-refractivity contribution in [2.75, 3.05) is 6.79 Å². The van der Waals surface area contributed by atoms with Crippen LogP contribution in [-0.4, -0.2) is 49.1 Å². The van der Waals surface area contributed by atoms with Crippen LogP contribution in [0.3, 0.4) is 0 Å². The van der Waals surface area contributed by atoms with Gasteiger partial charge in [0.2, 0.25) is 6.79 Å². The van der Waals surface area contributed by atoms with E-state index in [1.54, 1.807) is 0 Å². The van der Waals surface area contributed by atoms with Gasteiger partial charge in [-0.1, -0.05) is 13.0 Å². The highest BCUT2D eigenvalue weighted by Gasteiger charge is 2.17. The zero-order chi connectivity index (χ0) is 22.6. The molecular weight excluding hydrogens is 404 g/mol. The molecule has 0 amide bonds. The van der Waals surface area contributed by atoms with E-state index in [0.29, 0.717) is 12.7 Å². The van der Waals surface area contributed by atoms with Crippen LogP contribution < -0.4 is 9.47 Å². The molecule has 0 aliphatic carbocycles. The number of rotatable bonds is 6. The van der Waals surface area contributed by atoms with E-state index < -0.39 is 0 Å². The molecule has 31 heavy (non-hydrogen) atoms. The van der Waals surface area contributed by atoms with E-state index in [9.17, 15) is 0 Å². The first-order chi connectivity index (χ1) is 15.1. The molecule has 1 aliphatic rings. The minimum Gasteiger partial charge on any atom is -0.483 e. The summed E-state index contributed by atoms with van der Waals surface area (Å²) in [6.07, 6.45) is 8.75. The Kier molecular flexibility index (Phi) is 9.09. The number of carboxylic acid groups (broad SMARTS) is 2. The molecule has 0 radical (unpaired) electrons. The minimum absolute atomic E-state index is 0.250. The molecule has 4 rings (SSSR count). The van der Waals surface area contributed by atoms with Crippen molar-refractivity contribution < 1.29 is 29.3 Å². The number of hydrogen-bond acceptors (Lipinski definition) is 6. The van der Waals surface area contributed by atoms with Crippen molar-refractivity contribution in [2.45, 2.75) is 39.3 Å². The predicted octanol–water partition coefficient (Wildman–Crippen LogP) is 2.62. The highest BCUT2D eigenvalue weighted by Crippen LogP contribution is 2.33. The Morgan fingerprint density at radius 3 is 2.55 bits per heavy atom. The third-order valence-electron chi connectivity index (χ3n) is 4.55. The molecule has 10 heteroatoms. The molecule has 0 fully saturated rings. The van der Waals surface area contributed by atoms with Crippen molar-refractivity contribution >= 4 is 12.9 Å². The van der Waals surface area contributed by atoms with Gasteiger partial charge in [0.05, 0.1) is 18.6 Å². The quantitative estimate of drug-likeness (QED) is 0.571. The molecule has 2 aromatic heterocycles. The first kappa shape index (κ1) is 23.5. The average Bonchev–Trinajstić information content (AvgIpc) is 3.50. The van der Waals surface area contributed by atoms with Gasteiger partial charge in [0.25, 0.3) is 12.9 Å². The van der Waals surface area contributed by atoms with E-state index in [-0.39, 0.29) is 12.9 Å². The summed E-state index contributed by atoms with van der Waals surface area (Å²) < 4.78 is 15.1. The van der Waals surface area contributed by atoms with Crippen LogP contribution in [0.15, 0.2) is 43.1 Å². The van der Waals surface area contributed by atoms with Gasteiger partial charge in [-0.15, -0.1) is 0 Å². The van der Waals surface area contributed by atoms with Gasteiger partial charge in [-0.25, -0.2) is 9.97 Å². The van der Waals surface area contributed by atoms with E-state index in [1.807, 2.05) is 24.8 Å². The molecule has 0 saturated heterocycles. The Balaban J connectivity index is 0.000000513. The highest BCUT2D eigenvalue weighted by atomic mass is 16.7. The number of ether oxygens (including phenoxy) is 2. The summed E-state index contributed by atoms with van der Waals surface area (Å²) in [5.74, 6) is 3.02. The van der Waals surface area contributed by atoms with Crippen molar-refractivity contribution in [3.63, 3.8) is 0 Å². The van der Waals surface area contributed by atoms with Gasteiger partial charge in [0, 0.05) is 31.1 Å². The lowest BCUT2D eigenvalue weighted by Crippen LogP contribution is -2.10. The number of nitrogens with zero attached hydrogens (tertiary/aromatic N) is 4. The summed E-state index contributed by atoms with van der Waals surface area (Å²) in [4.78, 5) is 25.8. The number of aromatic nitrogens is 4. The second-order valence-corrected chi connectivity index (χ2v) is 6.61. The maximum Gasteiger partial charge on any atom is 0.290 e. The summed E-state index contributed by atoms with van der Waals surface area (Å²) in [5.41, 5.74) is 2.28. The van der Waals surface area contributed by atoms with Crippen LogP contribution in [0, 0.1) is 0 Å². The fourth-order valence-corrected chi connectivity index (χ4v) is 3.23. The molecule has 166 valence electrons. The fourth-order valence-electron chi connectivity index (χ4n) is 3.23. The van der Waals surface area contributed by atoms with Gasteiger partial charge in [0.1, 0.15) is 5.82 Å². The molecule has 3 aromatic rings. The Hall–Kier alpha value is -3.82. The number of benzene rings is 1. The van der Waals surface area contributed by atoms with Crippen molar-refractivity contribution in [2.24, 2.45) is 0 Å². The number of hydrogen-bond donors (Lipinski definition) is 2. The van der Waals surface area contributed by atoms with Gasteiger partial charge < -0.3 is 28.8 Å². The van der Waals surface area contributed by atoms with E-state index >= 15 is 0 Å². The van der Waals surface area contributed by atoms with Crippen LogP contribution in [0.25, 0.3) is 0 Å². The highest BCUT2D eigenvalue weighted by molar-refractivity contribution is 5.44. The van der Waals surface area contributed by atoms with Crippen LogP contribution in [0.1, 0.15) is 36.8 Å². The molecule has 1 aliphatic heterocycles. The molecule has 2 N–H and O–H groups in total. The molecule has 3 heterocycles. The van der Waals surface area contributed by atoms with E-state index in [2.05, 4.69) is 51.3 Å². The van der Waals surface area contributed by atoms with Crippen LogP contribution in [0.4, 0.5) is 0 Å². The molecule has 0 saturated carbocycles. The van der Waals surface area contributed by atoms with Gasteiger partial charge in [-0.05, 0) is 31.0 Å². The molecular formula is C21H26N4O6. The largest absolute Gasteiger partial charge is 0.483 e. The zero-order valence-corrected chi connectivity index (χ0v) is 17.4. The Labute approximate surface area is 179 Å². The molecule has 1 atom stereocenters. The van der Waals surface area contributed by atoms with Crippen LogP contribution in [0.2, 0.25) is 0 Å². The minimum atomic E-state index is -0.250. The number of fused-ring (bicyclic) bond motifs is 1. The lowest BCUT2D eigenvalue weighted by molar-refractivity contribution is -0.123. The first-order valence-electron chi connectivity index (χ1n) is 9.62. The van der Waals surface area contributed by atoms with Gasteiger partial charge in [0.15, 0.2) is 11.5 Å². The molecule has 0 spiro atoms. The summed E-state index contributed by atoms with van der Waals surface area (Å²) in [6, 6.07) is 6.14. The second kappa shape index (κ2) is 12.0. The number of imidazole rings is 2. The van der Waals surface area contributed by atoms with Gasteiger partial charge >= 0.3 is 0 Å². The van der Waals surface area contributed by atoms with Crippen molar-refractivity contribution in [3.05, 3.63) is 60.2 Å². The Morgan fingerprint density at radius 2 is 1.87 bits per heavy atom. The van der Waals surface area contributed by atoms with Crippen LogP contribution in [0.5, 0.6) is 11.5 Å². The summed E-state index contributed by atoms with van der Waals surface area (Å²) in [7, 11) is 0. The third-order valence-corrected chi connectivity index (χ3v) is 4.55. The number of aryl methyl sites for hydroxylation is 1. The molecule has 1 aromatic carbocycles. The summed E-state index contributed by atoms with van der Waals surface area (Å²) >= 11 is 0. The predicted molar refractivity (Wildman–Crippen MR) is 111 cm³/mol. The third kappa shape index (κ3) is 6.59. The monoisotopic (exact) mass is 430 g/mol. The smallest absolute Gasteiger partial charge is 0.290 e. The zero-order valence-electron chi connectivity index (χ0n) is 17.4. The topological polar surface area (TPSA) is 129 Å². The standard InChI is InChI=1S/C19H22N4O2.2CH2O2/c1-3-22-10-16(21-12-22)11-23-7-6-20-19(23)14(2)8-15-4-5-17-18(9-15)25-13-24-17;2*2-1-3/h4-7,9-10,12,14H,3,8,11,13H2,1-2H3;2*1H,(H,2,3). The lowest BCUT2D eigenvalue weighted by Gasteiger charge is -2.14.